The minimum Gasteiger partial charge on any atom is -0.311 e. The minimum absolute atomic E-state index is 0.909. The van der Waals surface area contributed by atoms with Crippen LogP contribution in [0.4, 0.5) is 0 Å². The van der Waals surface area contributed by atoms with Gasteiger partial charge in [0.2, 0.25) is 0 Å². The van der Waals surface area contributed by atoms with Crippen LogP contribution in [0.1, 0.15) is 49.9 Å². The number of aryl methyl sites for hydroxylation is 1. The third kappa shape index (κ3) is 4.47. The molecule has 1 aromatic heterocycles. The van der Waals surface area contributed by atoms with Gasteiger partial charge in [-0.2, -0.15) is 0 Å². The van der Waals surface area contributed by atoms with Gasteiger partial charge in [0.15, 0.2) is 0 Å². The van der Waals surface area contributed by atoms with Crippen molar-refractivity contribution in [3.63, 3.8) is 0 Å². The lowest BCUT2D eigenvalue weighted by molar-refractivity contribution is 0.469. The van der Waals surface area contributed by atoms with E-state index in [0.717, 1.165) is 30.4 Å². The van der Waals surface area contributed by atoms with Crippen LogP contribution in [-0.2, 0) is 6.54 Å². The number of hydrogen-bond donors (Lipinski definition) is 1. The van der Waals surface area contributed by atoms with Gasteiger partial charge < -0.3 is 5.32 Å². The van der Waals surface area contributed by atoms with E-state index in [9.17, 15) is 0 Å². The second-order valence-electron chi connectivity index (χ2n) is 5.24. The van der Waals surface area contributed by atoms with Crippen LogP contribution in [0.25, 0.3) is 0 Å². The summed E-state index contributed by atoms with van der Waals surface area (Å²) >= 11 is 0. The maximum atomic E-state index is 4.49. The zero-order valence-corrected chi connectivity index (χ0v) is 10.9. The Morgan fingerprint density at radius 3 is 2.88 bits per heavy atom. The van der Waals surface area contributed by atoms with Gasteiger partial charge in [0, 0.05) is 12.2 Å². The van der Waals surface area contributed by atoms with Crippen molar-refractivity contribution in [1.82, 2.24) is 10.3 Å². The van der Waals surface area contributed by atoms with E-state index in [2.05, 4.69) is 22.4 Å². The summed E-state index contributed by atoms with van der Waals surface area (Å²) in [6.07, 6.45) is 8.60. The van der Waals surface area contributed by atoms with Gasteiger partial charge in [-0.3, -0.25) is 4.98 Å². The van der Waals surface area contributed by atoms with Crippen molar-refractivity contribution in [3.05, 3.63) is 29.6 Å². The van der Waals surface area contributed by atoms with Gasteiger partial charge in [0.05, 0.1) is 5.69 Å². The predicted molar refractivity (Wildman–Crippen MR) is 71.9 cm³/mol. The number of nitrogens with zero attached hydrogens (tertiary/aromatic N) is 1. The molecule has 1 aliphatic rings. The molecule has 2 heteroatoms. The summed E-state index contributed by atoms with van der Waals surface area (Å²) in [6.45, 7) is 4.09. The summed E-state index contributed by atoms with van der Waals surface area (Å²) in [5.74, 6) is 1.02. The Morgan fingerprint density at radius 2 is 2.12 bits per heavy atom. The molecule has 94 valence electrons. The van der Waals surface area contributed by atoms with Crippen molar-refractivity contribution < 1.29 is 0 Å². The highest BCUT2D eigenvalue weighted by atomic mass is 14.9. The van der Waals surface area contributed by atoms with E-state index >= 15 is 0 Å². The molecule has 0 atom stereocenters. The highest BCUT2D eigenvalue weighted by Gasteiger charge is 2.13. The lowest BCUT2D eigenvalue weighted by atomic mass is 10.0. The monoisotopic (exact) mass is 232 g/mol. The van der Waals surface area contributed by atoms with Crippen LogP contribution in [0.15, 0.2) is 18.2 Å². The predicted octanol–water partition coefficient (Wildman–Crippen LogP) is 3.45. The Bertz CT molecular complexity index is 329. The molecule has 0 bridgehead atoms. The Hall–Kier alpha value is -0.890. The molecule has 0 unspecified atom stereocenters. The Kier molecular flexibility index (Phi) is 4.99. The van der Waals surface area contributed by atoms with Crippen LogP contribution in [-0.4, -0.2) is 11.5 Å². The lowest BCUT2D eigenvalue weighted by Gasteiger charge is -2.09. The number of rotatable bonds is 6. The molecule has 0 saturated heterocycles. The molecule has 0 aliphatic heterocycles. The number of nitrogens with one attached hydrogen (secondary N) is 1. The molecule has 17 heavy (non-hydrogen) atoms. The quantitative estimate of drug-likeness (QED) is 0.760. The van der Waals surface area contributed by atoms with Crippen molar-refractivity contribution in [2.75, 3.05) is 6.54 Å². The Balaban J connectivity index is 1.56. The Labute approximate surface area is 105 Å². The molecule has 0 aromatic carbocycles. The fraction of sp³-hybridized carbons (Fsp3) is 0.667. The molecule has 2 rings (SSSR count). The number of aromatic nitrogens is 1. The zero-order valence-electron chi connectivity index (χ0n) is 10.9. The summed E-state index contributed by atoms with van der Waals surface area (Å²) in [5.41, 5.74) is 2.26. The molecule has 0 radical (unpaired) electrons. The van der Waals surface area contributed by atoms with Gasteiger partial charge in [-0.25, -0.2) is 0 Å². The largest absolute Gasteiger partial charge is 0.311 e. The van der Waals surface area contributed by atoms with Crippen molar-refractivity contribution in [2.45, 2.75) is 52.0 Å². The molecule has 0 amide bonds. The second-order valence-corrected chi connectivity index (χ2v) is 5.24. The molecule has 1 aliphatic carbocycles. The fourth-order valence-electron chi connectivity index (χ4n) is 2.73. The molecule has 1 saturated carbocycles. The minimum atomic E-state index is 0.909. The van der Waals surface area contributed by atoms with Gasteiger partial charge in [-0.15, -0.1) is 0 Å². The van der Waals surface area contributed by atoms with E-state index < -0.39 is 0 Å². The summed E-state index contributed by atoms with van der Waals surface area (Å²) in [6, 6.07) is 6.22. The first kappa shape index (κ1) is 12.6. The SMILES string of the molecule is Cc1cccc(CNCCCC2CCCC2)n1. The Morgan fingerprint density at radius 1 is 1.29 bits per heavy atom. The highest BCUT2D eigenvalue weighted by molar-refractivity contribution is 5.09. The van der Waals surface area contributed by atoms with Crippen molar-refractivity contribution in [2.24, 2.45) is 5.92 Å². The van der Waals surface area contributed by atoms with Gasteiger partial charge in [0.25, 0.3) is 0 Å². The molecule has 1 N–H and O–H groups in total. The van der Waals surface area contributed by atoms with Crippen LogP contribution in [0.2, 0.25) is 0 Å². The first-order valence-electron chi connectivity index (χ1n) is 6.98. The molecule has 1 aromatic rings. The van der Waals surface area contributed by atoms with Crippen molar-refractivity contribution in [3.8, 4) is 0 Å². The third-order valence-corrected chi connectivity index (χ3v) is 3.69. The fourth-order valence-corrected chi connectivity index (χ4v) is 2.73. The number of pyridine rings is 1. The van der Waals surface area contributed by atoms with E-state index in [-0.39, 0.29) is 0 Å². The molecule has 1 heterocycles. The maximum Gasteiger partial charge on any atom is 0.0544 e. The third-order valence-electron chi connectivity index (χ3n) is 3.69. The average molecular weight is 232 g/mol. The second kappa shape index (κ2) is 6.75. The summed E-state index contributed by atoms with van der Waals surface area (Å²) < 4.78 is 0. The zero-order chi connectivity index (χ0) is 11.9. The van der Waals surface area contributed by atoms with Crippen LogP contribution in [0, 0.1) is 12.8 Å². The van der Waals surface area contributed by atoms with E-state index in [1.54, 1.807) is 0 Å². The molecular formula is C15H24N2. The van der Waals surface area contributed by atoms with Crippen LogP contribution < -0.4 is 5.32 Å². The van der Waals surface area contributed by atoms with E-state index in [1.807, 2.05) is 13.0 Å². The first-order chi connectivity index (χ1) is 8.34. The maximum absolute atomic E-state index is 4.49. The molecule has 0 spiro atoms. The van der Waals surface area contributed by atoms with Gasteiger partial charge in [-0.05, 0) is 44.4 Å². The number of hydrogen-bond acceptors (Lipinski definition) is 2. The highest BCUT2D eigenvalue weighted by Crippen LogP contribution is 2.28. The molecular weight excluding hydrogens is 208 g/mol. The normalized spacial score (nSPS) is 16.5. The van der Waals surface area contributed by atoms with Crippen molar-refractivity contribution in [1.29, 1.82) is 0 Å². The summed E-state index contributed by atoms with van der Waals surface area (Å²) in [5, 5.41) is 3.49. The molecule has 2 nitrogen and oxygen atoms in total. The van der Waals surface area contributed by atoms with Crippen LogP contribution in [0.3, 0.4) is 0 Å². The van der Waals surface area contributed by atoms with E-state index in [4.69, 9.17) is 0 Å². The first-order valence-corrected chi connectivity index (χ1v) is 6.98. The lowest BCUT2D eigenvalue weighted by Crippen LogP contribution is -2.16. The van der Waals surface area contributed by atoms with E-state index in [0.29, 0.717) is 0 Å². The van der Waals surface area contributed by atoms with E-state index in [1.165, 1.54) is 38.5 Å². The smallest absolute Gasteiger partial charge is 0.0544 e. The van der Waals surface area contributed by atoms with Crippen molar-refractivity contribution >= 4 is 0 Å². The topological polar surface area (TPSA) is 24.9 Å². The van der Waals surface area contributed by atoms with Gasteiger partial charge in [-0.1, -0.05) is 31.7 Å². The summed E-state index contributed by atoms with van der Waals surface area (Å²) in [4.78, 5) is 4.49. The van der Waals surface area contributed by atoms with Crippen LogP contribution >= 0.6 is 0 Å². The molecule has 1 fully saturated rings. The van der Waals surface area contributed by atoms with Gasteiger partial charge >= 0.3 is 0 Å². The standard InChI is InChI=1S/C15H24N2/c1-13-6-4-10-15(17-13)12-16-11-5-9-14-7-2-3-8-14/h4,6,10,14,16H,2-3,5,7-9,11-12H2,1H3. The average Bonchev–Trinajstić information content (AvgIpc) is 2.82. The van der Waals surface area contributed by atoms with Crippen LogP contribution in [0.5, 0.6) is 0 Å². The summed E-state index contributed by atoms with van der Waals surface area (Å²) in [7, 11) is 0. The van der Waals surface area contributed by atoms with Gasteiger partial charge in [0.1, 0.15) is 0 Å².